The maximum absolute atomic E-state index is 14.6. The molecule has 1 aromatic rings. The number of halogens is 2. The zero-order chi connectivity index (χ0) is 14.0. The van der Waals surface area contributed by atoms with Gasteiger partial charge in [-0.25, -0.2) is 8.78 Å². The molecule has 1 aliphatic heterocycles. The summed E-state index contributed by atoms with van der Waals surface area (Å²) in [4.78, 5) is 1.98. The van der Waals surface area contributed by atoms with Gasteiger partial charge in [0.1, 0.15) is 0 Å². The summed E-state index contributed by atoms with van der Waals surface area (Å²) in [5, 5.41) is 0. The molecule has 1 saturated heterocycles. The van der Waals surface area contributed by atoms with Crippen molar-refractivity contribution < 1.29 is 8.78 Å². The summed E-state index contributed by atoms with van der Waals surface area (Å²) in [6.07, 6.45) is 1.42. The highest BCUT2D eigenvalue weighted by atomic mass is 19.3. The third-order valence-electron chi connectivity index (χ3n) is 3.93. The smallest absolute Gasteiger partial charge is 0.277 e. The number of likely N-dealkylation sites (tertiary alicyclic amines) is 1. The fourth-order valence-corrected chi connectivity index (χ4v) is 2.73. The lowest BCUT2D eigenvalue weighted by Gasteiger charge is -2.35. The molecule has 0 saturated carbocycles. The van der Waals surface area contributed by atoms with Gasteiger partial charge in [0, 0.05) is 24.1 Å². The molecule has 2 nitrogen and oxygen atoms in total. The van der Waals surface area contributed by atoms with Crippen LogP contribution in [-0.4, -0.2) is 25.0 Å². The number of nitrogens with zero attached hydrogens (tertiary/aromatic N) is 1. The highest BCUT2D eigenvalue weighted by Crippen LogP contribution is 2.40. The van der Waals surface area contributed by atoms with Gasteiger partial charge < -0.3 is 10.6 Å². The van der Waals surface area contributed by atoms with E-state index in [1.54, 1.807) is 18.2 Å². The first-order valence-electron chi connectivity index (χ1n) is 6.83. The van der Waals surface area contributed by atoms with Crippen molar-refractivity contribution in [1.29, 1.82) is 0 Å². The summed E-state index contributed by atoms with van der Waals surface area (Å²) < 4.78 is 29.2. The number of hydrogen-bond acceptors (Lipinski definition) is 2. The third-order valence-corrected chi connectivity index (χ3v) is 3.93. The Labute approximate surface area is 113 Å². The average Bonchev–Trinajstić information content (AvgIpc) is 2.39. The van der Waals surface area contributed by atoms with Gasteiger partial charge in [0.2, 0.25) is 0 Å². The fourth-order valence-electron chi connectivity index (χ4n) is 2.73. The zero-order valence-electron chi connectivity index (χ0n) is 11.6. The van der Waals surface area contributed by atoms with Crippen LogP contribution in [0.2, 0.25) is 0 Å². The summed E-state index contributed by atoms with van der Waals surface area (Å²) in [6.45, 7) is 3.17. The Kier molecular flexibility index (Phi) is 4.21. The molecule has 2 unspecified atom stereocenters. The highest BCUT2D eigenvalue weighted by molar-refractivity contribution is 5.29. The van der Waals surface area contributed by atoms with Crippen LogP contribution < -0.4 is 5.73 Å². The molecule has 1 aliphatic rings. The number of rotatable bonds is 3. The van der Waals surface area contributed by atoms with E-state index in [4.69, 9.17) is 5.73 Å². The van der Waals surface area contributed by atoms with Gasteiger partial charge >= 0.3 is 0 Å². The Morgan fingerprint density at radius 2 is 2.16 bits per heavy atom. The van der Waals surface area contributed by atoms with Crippen LogP contribution >= 0.6 is 0 Å². The van der Waals surface area contributed by atoms with Crippen molar-refractivity contribution >= 4 is 0 Å². The number of benzene rings is 1. The van der Waals surface area contributed by atoms with E-state index < -0.39 is 11.8 Å². The predicted octanol–water partition coefficient (Wildman–Crippen LogP) is 3.14. The molecule has 1 heterocycles. The van der Waals surface area contributed by atoms with E-state index in [1.165, 1.54) is 6.07 Å². The van der Waals surface area contributed by atoms with Crippen LogP contribution in [0.15, 0.2) is 24.3 Å². The molecule has 2 rings (SSSR count). The maximum atomic E-state index is 14.6. The Balaban J connectivity index is 2.25. The minimum Gasteiger partial charge on any atom is -0.324 e. The van der Waals surface area contributed by atoms with E-state index in [1.807, 2.05) is 18.9 Å². The molecular weight excluding hydrogens is 246 g/mol. The van der Waals surface area contributed by atoms with Gasteiger partial charge in [-0.1, -0.05) is 18.2 Å². The second kappa shape index (κ2) is 5.55. The van der Waals surface area contributed by atoms with Gasteiger partial charge in [-0.2, -0.15) is 0 Å². The van der Waals surface area contributed by atoms with Crippen molar-refractivity contribution in [1.82, 2.24) is 4.90 Å². The lowest BCUT2D eigenvalue weighted by molar-refractivity contribution is -0.0864. The van der Waals surface area contributed by atoms with E-state index in [9.17, 15) is 8.78 Å². The van der Waals surface area contributed by atoms with Crippen LogP contribution in [0.1, 0.15) is 36.9 Å². The second-order valence-electron chi connectivity index (χ2n) is 5.64. The van der Waals surface area contributed by atoms with Gasteiger partial charge in [-0.3, -0.25) is 0 Å². The van der Waals surface area contributed by atoms with Gasteiger partial charge in [0.15, 0.2) is 0 Å². The van der Waals surface area contributed by atoms with Crippen LogP contribution in [0.3, 0.4) is 0 Å². The topological polar surface area (TPSA) is 29.3 Å². The largest absolute Gasteiger partial charge is 0.324 e. The van der Waals surface area contributed by atoms with Crippen molar-refractivity contribution in [2.24, 2.45) is 11.7 Å². The van der Waals surface area contributed by atoms with Crippen LogP contribution in [0.5, 0.6) is 0 Å². The maximum Gasteiger partial charge on any atom is 0.277 e. The van der Waals surface area contributed by atoms with E-state index in [2.05, 4.69) is 0 Å². The summed E-state index contributed by atoms with van der Waals surface area (Å²) in [7, 11) is 1.90. The molecule has 0 aromatic heterocycles. The first kappa shape index (κ1) is 14.4. The molecule has 0 spiro atoms. The molecule has 1 fully saturated rings. The van der Waals surface area contributed by atoms with Crippen molar-refractivity contribution in [3.63, 3.8) is 0 Å². The predicted molar refractivity (Wildman–Crippen MR) is 73.2 cm³/mol. The van der Waals surface area contributed by atoms with Crippen LogP contribution in [0.4, 0.5) is 8.78 Å². The van der Waals surface area contributed by atoms with Crippen molar-refractivity contribution in [2.45, 2.75) is 31.7 Å². The molecule has 4 heteroatoms. The molecule has 19 heavy (non-hydrogen) atoms. The lowest BCUT2D eigenvalue weighted by Crippen LogP contribution is -2.40. The number of piperidine rings is 1. The van der Waals surface area contributed by atoms with E-state index in [0.717, 1.165) is 18.5 Å². The van der Waals surface area contributed by atoms with Gasteiger partial charge in [-0.15, -0.1) is 0 Å². The molecule has 0 radical (unpaired) electrons. The molecule has 0 aliphatic carbocycles. The summed E-state index contributed by atoms with van der Waals surface area (Å²) in [5.41, 5.74) is 6.64. The Hall–Kier alpha value is -1.00. The normalized spacial score (nSPS) is 23.3. The SMILES string of the molecule is CC(N)c1cccc(C(F)(F)C2CCCN(C)C2)c1. The van der Waals surface area contributed by atoms with Gasteiger partial charge in [0.25, 0.3) is 5.92 Å². The molecule has 0 amide bonds. The Bertz CT molecular complexity index is 432. The Morgan fingerprint density at radius 3 is 2.79 bits per heavy atom. The molecule has 2 N–H and O–H groups in total. The number of nitrogens with two attached hydrogens (primary N) is 1. The van der Waals surface area contributed by atoms with Gasteiger partial charge in [0.05, 0.1) is 0 Å². The molecule has 1 aromatic carbocycles. The van der Waals surface area contributed by atoms with E-state index in [0.29, 0.717) is 13.0 Å². The fraction of sp³-hybridized carbons (Fsp3) is 0.600. The molecular formula is C15H22F2N2. The Morgan fingerprint density at radius 1 is 1.42 bits per heavy atom. The molecule has 0 bridgehead atoms. The van der Waals surface area contributed by atoms with Crippen molar-refractivity contribution in [3.05, 3.63) is 35.4 Å². The van der Waals surface area contributed by atoms with Crippen molar-refractivity contribution in [3.8, 4) is 0 Å². The summed E-state index contributed by atoms with van der Waals surface area (Å²) in [5.74, 6) is -3.38. The van der Waals surface area contributed by atoms with E-state index in [-0.39, 0.29) is 11.6 Å². The first-order chi connectivity index (χ1) is 8.91. The minimum absolute atomic E-state index is 0.0996. The quantitative estimate of drug-likeness (QED) is 0.912. The number of alkyl halides is 2. The standard InChI is InChI=1S/C15H22F2N2/c1-11(18)12-5-3-6-13(9-12)15(16,17)14-7-4-8-19(2)10-14/h3,5-6,9,11,14H,4,7-8,10,18H2,1-2H3. The molecule has 2 atom stereocenters. The minimum atomic E-state index is -2.78. The monoisotopic (exact) mass is 268 g/mol. The second-order valence-corrected chi connectivity index (χ2v) is 5.64. The molecule has 106 valence electrons. The lowest BCUT2D eigenvalue weighted by atomic mass is 9.87. The average molecular weight is 268 g/mol. The van der Waals surface area contributed by atoms with Crippen molar-refractivity contribution in [2.75, 3.05) is 20.1 Å². The number of hydrogen-bond donors (Lipinski definition) is 1. The van der Waals surface area contributed by atoms with Crippen LogP contribution in [0.25, 0.3) is 0 Å². The van der Waals surface area contributed by atoms with Crippen LogP contribution in [0, 0.1) is 5.92 Å². The summed E-state index contributed by atoms with van der Waals surface area (Å²) in [6, 6.07) is 6.33. The van der Waals surface area contributed by atoms with Gasteiger partial charge in [-0.05, 0) is 45.0 Å². The zero-order valence-corrected chi connectivity index (χ0v) is 11.6. The highest BCUT2D eigenvalue weighted by Gasteiger charge is 2.42. The third kappa shape index (κ3) is 3.12. The van der Waals surface area contributed by atoms with E-state index >= 15 is 0 Å². The first-order valence-corrected chi connectivity index (χ1v) is 6.83. The van der Waals surface area contributed by atoms with Crippen LogP contribution in [-0.2, 0) is 5.92 Å². The summed E-state index contributed by atoms with van der Waals surface area (Å²) >= 11 is 0.